The number of amides is 1. The first-order valence-electron chi connectivity index (χ1n) is 10.3. The summed E-state index contributed by atoms with van der Waals surface area (Å²) in [5.74, 6) is 1.46. The van der Waals surface area contributed by atoms with Crippen molar-refractivity contribution < 1.29 is 14.3 Å². The number of rotatable bonds is 3. The Morgan fingerprint density at radius 1 is 1.00 bits per heavy atom. The highest BCUT2D eigenvalue weighted by Crippen LogP contribution is 2.39. The van der Waals surface area contributed by atoms with Crippen molar-refractivity contribution >= 4 is 22.5 Å². The molecule has 0 bridgehead atoms. The van der Waals surface area contributed by atoms with Crippen molar-refractivity contribution in [3.05, 3.63) is 89.1 Å². The van der Waals surface area contributed by atoms with Crippen molar-refractivity contribution in [2.24, 2.45) is 0 Å². The summed E-state index contributed by atoms with van der Waals surface area (Å²) in [6.07, 6.45) is -0.302. The molecule has 6 heteroatoms. The van der Waals surface area contributed by atoms with Gasteiger partial charge in [-0.1, -0.05) is 36.4 Å². The predicted octanol–water partition coefficient (Wildman–Crippen LogP) is 4.97. The molecular weight excluding hydrogens is 390 g/mol. The van der Waals surface area contributed by atoms with Crippen LogP contribution >= 0.6 is 0 Å². The molecule has 154 valence electrons. The largest absolute Gasteiger partial charge is 0.454 e. The molecule has 0 spiro atoms. The van der Waals surface area contributed by atoms with Gasteiger partial charge in [0.25, 0.3) is 5.91 Å². The molecule has 3 heterocycles. The van der Waals surface area contributed by atoms with E-state index in [1.165, 1.54) is 0 Å². The number of hydrogen-bond donors (Lipinski definition) is 2. The molecule has 1 atom stereocenters. The van der Waals surface area contributed by atoms with Gasteiger partial charge in [-0.05, 0) is 42.8 Å². The number of benzene rings is 3. The van der Waals surface area contributed by atoms with Gasteiger partial charge in [0.15, 0.2) is 11.5 Å². The Morgan fingerprint density at radius 3 is 2.74 bits per heavy atom. The molecule has 4 aromatic rings. The number of ether oxygens (including phenoxy) is 2. The van der Waals surface area contributed by atoms with E-state index in [-0.39, 0.29) is 18.9 Å². The van der Waals surface area contributed by atoms with E-state index < -0.39 is 0 Å². The Kier molecular flexibility index (Phi) is 3.93. The molecule has 2 aliphatic heterocycles. The predicted molar refractivity (Wildman–Crippen MR) is 118 cm³/mol. The fraction of sp³-hybridized carbons (Fsp3) is 0.160. The van der Waals surface area contributed by atoms with Crippen LogP contribution < -0.4 is 14.8 Å². The summed E-state index contributed by atoms with van der Waals surface area (Å²) >= 11 is 0. The lowest BCUT2D eigenvalue weighted by Gasteiger charge is -2.38. The topological polar surface area (TPSA) is 66.6 Å². The summed E-state index contributed by atoms with van der Waals surface area (Å²) in [7, 11) is 0. The number of fused-ring (bicyclic) bond motifs is 3. The van der Waals surface area contributed by atoms with Gasteiger partial charge < -0.3 is 24.7 Å². The van der Waals surface area contributed by atoms with E-state index in [0.29, 0.717) is 12.1 Å². The normalized spacial score (nSPS) is 17.0. The van der Waals surface area contributed by atoms with Gasteiger partial charge in [-0.2, -0.15) is 0 Å². The molecule has 0 fully saturated rings. The van der Waals surface area contributed by atoms with Gasteiger partial charge in [-0.3, -0.25) is 4.79 Å². The number of nitrogens with one attached hydrogen (secondary N) is 2. The zero-order valence-corrected chi connectivity index (χ0v) is 17.0. The van der Waals surface area contributed by atoms with Gasteiger partial charge >= 0.3 is 0 Å². The van der Waals surface area contributed by atoms with Crippen LogP contribution in [0.1, 0.15) is 33.3 Å². The molecule has 2 N–H and O–H groups in total. The molecule has 1 amide bonds. The molecule has 0 radical (unpaired) electrons. The van der Waals surface area contributed by atoms with E-state index in [9.17, 15) is 4.79 Å². The Bertz CT molecular complexity index is 1330. The van der Waals surface area contributed by atoms with Gasteiger partial charge in [0.2, 0.25) is 6.79 Å². The highest BCUT2D eigenvalue weighted by Gasteiger charge is 2.35. The Labute approximate surface area is 179 Å². The van der Waals surface area contributed by atoms with Crippen LogP contribution in [0.3, 0.4) is 0 Å². The van der Waals surface area contributed by atoms with Gasteiger partial charge in [0, 0.05) is 34.4 Å². The minimum atomic E-state index is -0.302. The zero-order valence-electron chi connectivity index (χ0n) is 17.0. The third-order valence-electron chi connectivity index (χ3n) is 6.03. The number of carbonyl (C=O) groups is 1. The zero-order chi connectivity index (χ0) is 20.9. The van der Waals surface area contributed by atoms with Crippen molar-refractivity contribution in [2.75, 3.05) is 12.1 Å². The third kappa shape index (κ3) is 2.83. The summed E-state index contributed by atoms with van der Waals surface area (Å²) < 4.78 is 11.0. The Morgan fingerprint density at radius 2 is 1.81 bits per heavy atom. The number of anilines is 1. The number of para-hydroxylation sites is 2. The standard InChI is InChI=1S/C25H21N3O3/c1-15-23(17-6-2-4-8-19(17)26-15)24-27-20-9-5-3-7-18(20)25(29)28(24)13-16-10-11-21-22(12-16)31-14-30-21/h2-12,24,26-27H,13-14H2,1H3/t24-/m0/s1. The molecule has 0 unspecified atom stereocenters. The summed E-state index contributed by atoms with van der Waals surface area (Å²) in [6, 6.07) is 21.7. The van der Waals surface area contributed by atoms with E-state index in [4.69, 9.17) is 9.47 Å². The number of nitrogens with zero attached hydrogens (tertiary/aromatic N) is 1. The lowest BCUT2D eigenvalue weighted by molar-refractivity contribution is 0.0667. The van der Waals surface area contributed by atoms with Crippen LogP contribution in [0.25, 0.3) is 10.9 Å². The van der Waals surface area contributed by atoms with Crippen LogP contribution in [-0.2, 0) is 6.54 Å². The summed E-state index contributed by atoms with van der Waals surface area (Å²) in [5.41, 5.74) is 5.70. The van der Waals surface area contributed by atoms with E-state index in [0.717, 1.165) is 44.9 Å². The maximum atomic E-state index is 13.6. The molecule has 0 saturated carbocycles. The van der Waals surface area contributed by atoms with E-state index in [1.807, 2.05) is 59.5 Å². The van der Waals surface area contributed by atoms with E-state index in [2.05, 4.69) is 29.4 Å². The molecule has 1 aromatic heterocycles. The second kappa shape index (κ2) is 6.80. The van der Waals surface area contributed by atoms with Crippen LogP contribution in [-0.4, -0.2) is 22.6 Å². The summed E-state index contributed by atoms with van der Waals surface area (Å²) in [6.45, 7) is 2.73. The first-order chi connectivity index (χ1) is 15.2. The summed E-state index contributed by atoms with van der Waals surface area (Å²) in [5, 5.41) is 4.73. The van der Waals surface area contributed by atoms with Crippen molar-refractivity contribution in [3.63, 3.8) is 0 Å². The SMILES string of the molecule is Cc1[nH]c2ccccc2c1[C@H]1Nc2ccccc2C(=O)N1Cc1ccc2c(c1)OCO2. The minimum absolute atomic E-state index is 0.00157. The first-order valence-corrected chi connectivity index (χ1v) is 10.3. The smallest absolute Gasteiger partial charge is 0.258 e. The molecule has 31 heavy (non-hydrogen) atoms. The van der Waals surface area contributed by atoms with Gasteiger partial charge in [0.05, 0.1) is 5.56 Å². The highest BCUT2D eigenvalue weighted by molar-refractivity contribution is 6.02. The molecule has 2 aliphatic rings. The highest BCUT2D eigenvalue weighted by atomic mass is 16.7. The van der Waals surface area contributed by atoms with E-state index >= 15 is 0 Å². The third-order valence-corrected chi connectivity index (χ3v) is 6.03. The maximum absolute atomic E-state index is 13.6. The lowest BCUT2D eigenvalue weighted by Crippen LogP contribution is -2.42. The average molecular weight is 411 g/mol. The lowest BCUT2D eigenvalue weighted by atomic mass is 10.0. The van der Waals surface area contributed by atoms with Gasteiger partial charge in [-0.25, -0.2) is 0 Å². The number of hydrogen-bond acceptors (Lipinski definition) is 4. The maximum Gasteiger partial charge on any atom is 0.258 e. The van der Waals surface area contributed by atoms with Crippen molar-refractivity contribution in [2.45, 2.75) is 19.6 Å². The Hall–Kier alpha value is -3.93. The van der Waals surface area contributed by atoms with Crippen LogP contribution in [0.15, 0.2) is 66.7 Å². The fourth-order valence-electron chi connectivity index (χ4n) is 4.57. The first kappa shape index (κ1) is 17.9. The van der Waals surface area contributed by atoms with Crippen molar-refractivity contribution in [1.82, 2.24) is 9.88 Å². The molecule has 0 aliphatic carbocycles. The van der Waals surface area contributed by atoms with Crippen LogP contribution in [0.4, 0.5) is 5.69 Å². The minimum Gasteiger partial charge on any atom is -0.454 e. The van der Waals surface area contributed by atoms with E-state index in [1.54, 1.807) is 0 Å². The number of H-pyrrole nitrogens is 1. The number of carbonyl (C=O) groups excluding carboxylic acids is 1. The van der Waals surface area contributed by atoms with Crippen LogP contribution in [0.5, 0.6) is 11.5 Å². The monoisotopic (exact) mass is 411 g/mol. The Balaban J connectivity index is 1.47. The number of aryl methyl sites for hydroxylation is 1. The van der Waals surface area contributed by atoms with Crippen LogP contribution in [0.2, 0.25) is 0 Å². The second-order valence-electron chi connectivity index (χ2n) is 7.92. The summed E-state index contributed by atoms with van der Waals surface area (Å²) in [4.78, 5) is 19.0. The van der Waals surface area contributed by atoms with Gasteiger partial charge in [-0.15, -0.1) is 0 Å². The van der Waals surface area contributed by atoms with Crippen molar-refractivity contribution in [1.29, 1.82) is 0 Å². The molecular formula is C25H21N3O3. The molecule has 6 nitrogen and oxygen atoms in total. The quantitative estimate of drug-likeness (QED) is 0.499. The number of aromatic amines is 1. The second-order valence-corrected chi connectivity index (χ2v) is 7.92. The molecule has 6 rings (SSSR count). The fourth-order valence-corrected chi connectivity index (χ4v) is 4.57. The molecule has 0 saturated heterocycles. The van der Waals surface area contributed by atoms with Crippen molar-refractivity contribution in [3.8, 4) is 11.5 Å². The molecule has 3 aromatic carbocycles. The van der Waals surface area contributed by atoms with Gasteiger partial charge in [0.1, 0.15) is 6.17 Å². The number of aromatic nitrogens is 1. The average Bonchev–Trinajstić information content (AvgIpc) is 3.38. The van der Waals surface area contributed by atoms with Crippen LogP contribution in [0, 0.1) is 6.92 Å².